The molecule has 0 fully saturated rings. The van der Waals surface area contributed by atoms with E-state index in [1.165, 1.54) is 11.3 Å². The molecule has 0 aliphatic rings. The van der Waals surface area contributed by atoms with Crippen molar-refractivity contribution in [2.24, 2.45) is 5.41 Å². The van der Waals surface area contributed by atoms with E-state index in [-0.39, 0.29) is 13.0 Å². The van der Waals surface area contributed by atoms with Crippen molar-refractivity contribution in [3.05, 3.63) is 50.9 Å². The van der Waals surface area contributed by atoms with Gasteiger partial charge in [-0.25, -0.2) is 4.98 Å². The maximum absolute atomic E-state index is 12.8. The summed E-state index contributed by atoms with van der Waals surface area (Å²) in [6.45, 7) is 4.19. The molecule has 3 nitrogen and oxygen atoms in total. The SMILES string of the molecule is CC(C)(C)CN(CC(F)(F)F)C(=O)Cc1csc(Cc2cccc(Cl)c2)n1. The molecule has 1 amide bonds. The Morgan fingerprint density at radius 2 is 1.93 bits per heavy atom. The lowest BCUT2D eigenvalue weighted by Gasteiger charge is -2.30. The summed E-state index contributed by atoms with van der Waals surface area (Å²) in [4.78, 5) is 17.7. The fraction of sp³-hybridized carbons (Fsp3) is 0.474. The number of hydrogen-bond acceptors (Lipinski definition) is 3. The van der Waals surface area contributed by atoms with E-state index in [0.717, 1.165) is 15.5 Å². The van der Waals surface area contributed by atoms with Gasteiger partial charge in [0.25, 0.3) is 0 Å². The molecule has 1 aromatic heterocycles. The Balaban J connectivity index is 2.05. The van der Waals surface area contributed by atoms with E-state index in [9.17, 15) is 18.0 Å². The van der Waals surface area contributed by atoms with E-state index < -0.39 is 24.0 Å². The number of nitrogens with zero attached hydrogens (tertiary/aromatic N) is 2. The first kappa shape index (κ1) is 21.7. The summed E-state index contributed by atoms with van der Waals surface area (Å²) >= 11 is 7.35. The molecule has 1 heterocycles. The second-order valence-electron chi connectivity index (χ2n) is 7.64. The van der Waals surface area contributed by atoms with Crippen molar-refractivity contribution >= 4 is 28.8 Å². The van der Waals surface area contributed by atoms with Gasteiger partial charge in [0.05, 0.1) is 17.1 Å². The van der Waals surface area contributed by atoms with Crippen LogP contribution in [-0.4, -0.2) is 35.1 Å². The van der Waals surface area contributed by atoms with E-state index >= 15 is 0 Å². The van der Waals surface area contributed by atoms with Crippen molar-refractivity contribution in [1.82, 2.24) is 9.88 Å². The summed E-state index contributed by atoms with van der Waals surface area (Å²) in [7, 11) is 0. The predicted molar refractivity (Wildman–Crippen MR) is 102 cm³/mol. The highest BCUT2D eigenvalue weighted by molar-refractivity contribution is 7.09. The molecule has 0 unspecified atom stereocenters. The van der Waals surface area contributed by atoms with Crippen LogP contribution in [0.5, 0.6) is 0 Å². The Morgan fingerprint density at radius 3 is 2.52 bits per heavy atom. The van der Waals surface area contributed by atoms with Gasteiger partial charge in [-0.2, -0.15) is 13.2 Å². The number of carbonyl (C=O) groups excluding carboxylic acids is 1. The average Bonchev–Trinajstić information content (AvgIpc) is 2.90. The minimum absolute atomic E-state index is 0.0326. The van der Waals surface area contributed by atoms with Gasteiger partial charge in [0.1, 0.15) is 6.54 Å². The normalized spacial score (nSPS) is 12.3. The third kappa shape index (κ3) is 7.89. The van der Waals surface area contributed by atoms with Gasteiger partial charge in [0.15, 0.2) is 0 Å². The average molecular weight is 419 g/mol. The molecule has 0 N–H and O–H groups in total. The molecule has 0 saturated heterocycles. The minimum atomic E-state index is -4.43. The molecule has 0 saturated carbocycles. The minimum Gasteiger partial charge on any atom is -0.333 e. The highest BCUT2D eigenvalue weighted by Gasteiger charge is 2.34. The van der Waals surface area contributed by atoms with Crippen LogP contribution in [0, 0.1) is 5.41 Å². The quantitative estimate of drug-likeness (QED) is 0.632. The summed E-state index contributed by atoms with van der Waals surface area (Å²) in [5, 5.41) is 3.14. The van der Waals surface area contributed by atoms with Crippen LogP contribution in [0.15, 0.2) is 29.6 Å². The van der Waals surface area contributed by atoms with E-state index in [1.54, 1.807) is 32.2 Å². The molecule has 27 heavy (non-hydrogen) atoms. The molecule has 8 heteroatoms. The van der Waals surface area contributed by atoms with Crippen LogP contribution in [0.4, 0.5) is 13.2 Å². The van der Waals surface area contributed by atoms with E-state index in [0.29, 0.717) is 17.1 Å². The second-order valence-corrected chi connectivity index (χ2v) is 9.02. The highest BCUT2D eigenvalue weighted by atomic mass is 35.5. The van der Waals surface area contributed by atoms with E-state index in [2.05, 4.69) is 4.98 Å². The lowest BCUT2D eigenvalue weighted by Crippen LogP contribution is -2.44. The molecule has 0 aliphatic carbocycles. The number of halogens is 4. The van der Waals surface area contributed by atoms with Crippen LogP contribution in [0.25, 0.3) is 0 Å². The summed E-state index contributed by atoms with van der Waals surface area (Å²) in [5.74, 6) is -0.568. The Labute approximate surface area is 166 Å². The van der Waals surface area contributed by atoms with Gasteiger partial charge >= 0.3 is 6.18 Å². The predicted octanol–water partition coefficient (Wildman–Crippen LogP) is 5.37. The standard InChI is InChI=1S/C19H22ClF3N2OS/c1-18(2,3)11-25(12-19(21,22)23)17(26)9-15-10-27-16(24-15)8-13-5-4-6-14(20)7-13/h4-7,10H,8-9,11-12H2,1-3H3. The molecule has 0 aliphatic heterocycles. The number of carbonyl (C=O) groups is 1. The van der Waals surface area contributed by atoms with Crippen LogP contribution in [-0.2, 0) is 17.6 Å². The van der Waals surface area contributed by atoms with Crippen molar-refractivity contribution in [1.29, 1.82) is 0 Å². The maximum Gasteiger partial charge on any atom is 0.406 e. The van der Waals surface area contributed by atoms with Crippen molar-refractivity contribution < 1.29 is 18.0 Å². The first-order valence-electron chi connectivity index (χ1n) is 8.43. The third-order valence-corrected chi connectivity index (χ3v) is 4.70. The van der Waals surface area contributed by atoms with Crippen LogP contribution >= 0.6 is 22.9 Å². The zero-order chi connectivity index (χ0) is 20.2. The molecular formula is C19H22ClF3N2OS. The highest BCUT2D eigenvalue weighted by Crippen LogP contribution is 2.23. The van der Waals surface area contributed by atoms with E-state index in [1.807, 2.05) is 18.2 Å². The van der Waals surface area contributed by atoms with Gasteiger partial charge < -0.3 is 4.90 Å². The monoisotopic (exact) mass is 418 g/mol. The van der Waals surface area contributed by atoms with Crippen molar-refractivity contribution in [3.8, 4) is 0 Å². The van der Waals surface area contributed by atoms with Gasteiger partial charge in [0, 0.05) is 23.4 Å². The van der Waals surface area contributed by atoms with Gasteiger partial charge in [0.2, 0.25) is 5.91 Å². The van der Waals surface area contributed by atoms with Crippen LogP contribution in [0.3, 0.4) is 0 Å². The fourth-order valence-corrected chi connectivity index (χ4v) is 3.66. The van der Waals surface area contributed by atoms with Crippen molar-refractivity contribution in [2.75, 3.05) is 13.1 Å². The molecule has 2 aromatic rings. The molecular weight excluding hydrogens is 397 g/mol. The lowest BCUT2D eigenvalue weighted by molar-refractivity contribution is -0.163. The summed E-state index contributed by atoms with van der Waals surface area (Å²) in [6, 6.07) is 7.38. The molecule has 0 bridgehead atoms. The second kappa shape index (κ2) is 8.61. The molecule has 2 rings (SSSR count). The Kier molecular flexibility index (Phi) is 6.92. The summed E-state index contributed by atoms with van der Waals surface area (Å²) in [5.41, 5.74) is 1.05. The number of thiazole rings is 1. The first-order valence-corrected chi connectivity index (χ1v) is 9.69. The molecule has 0 radical (unpaired) electrons. The van der Waals surface area contributed by atoms with Crippen LogP contribution in [0.2, 0.25) is 5.02 Å². The first-order chi connectivity index (χ1) is 12.4. The van der Waals surface area contributed by atoms with Crippen molar-refractivity contribution in [3.63, 3.8) is 0 Å². The Bertz CT molecular complexity index is 768. The number of hydrogen-bond donors (Lipinski definition) is 0. The third-order valence-electron chi connectivity index (χ3n) is 3.56. The number of amides is 1. The number of alkyl halides is 3. The molecule has 0 spiro atoms. The largest absolute Gasteiger partial charge is 0.406 e. The maximum atomic E-state index is 12.8. The lowest BCUT2D eigenvalue weighted by atomic mass is 9.96. The zero-order valence-corrected chi connectivity index (χ0v) is 17.0. The van der Waals surface area contributed by atoms with Gasteiger partial charge in [-0.15, -0.1) is 11.3 Å². The topological polar surface area (TPSA) is 33.2 Å². The Morgan fingerprint density at radius 1 is 1.22 bits per heavy atom. The summed E-state index contributed by atoms with van der Waals surface area (Å²) in [6.07, 6.45) is -4.01. The van der Waals surface area contributed by atoms with Crippen molar-refractivity contribution in [2.45, 2.75) is 39.8 Å². The number of benzene rings is 1. The van der Waals surface area contributed by atoms with Gasteiger partial charge in [-0.3, -0.25) is 4.79 Å². The zero-order valence-electron chi connectivity index (χ0n) is 15.4. The smallest absolute Gasteiger partial charge is 0.333 e. The number of rotatable bonds is 6. The molecule has 0 atom stereocenters. The van der Waals surface area contributed by atoms with Gasteiger partial charge in [-0.05, 0) is 23.1 Å². The van der Waals surface area contributed by atoms with E-state index in [4.69, 9.17) is 11.6 Å². The van der Waals surface area contributed by atoms with Crippen LogP contribution < -0.4 is 0 Å². The Hall–Kier alpha value is -1.60. The fourth-order valence-electron chi connectivity index (χ4n) is 2.62. The molecule has 1 aromatic carbocycles. The molecule has 148 valence electrons. The number of aromatic nitrogens is 1. The summed E-state index contributed by atoms with van der Waals surface area (Å²) < 4.78 is 38.5. The van der Waals surface area contributed by atoms with Gasteiger partial charge in [-0.1, -0.05) is 44.5 Å². The van der Waals surface area contributed by atoms with Crippen LogP contribution in [0.1, 0.15) is 37.0 Å².